The molecule has 4 aromatic rings. The van der Waals surface area contributed by atoms with Crippen molar-refractivity contribution in [3.05, 3.63) is 96.1 Å². The number of carboxylic acids is 1. The van der Waals surface area contributed by atoms with Gasteiger partial charge in [0.2, 0.25) is 0 Å². The summed E-state index contributed by atoms with van der Waals surface area (Å²) < 4.78 is 15.9. The van der Waals surface area contributed by atoms with Crippen molar-refractivity contribution in [2.45, 2.75) is 57.8 Å². The number of benzene rings is 3. The Morgan fingerprint density at radius 2 is 1.45 bits per heavy atom. The van der Waals surface area contributed by atoms with E-state index in [4.69, 9.17) is 0 Å². The second-order valence-corrected chi connectivity index (χ2v) is 10.5. The first-order valence-electron chi connectivity index (χ1n) is 13.8. The van der Waals surface area contributed by atoms with Gasteiger partial charge >= 0.3 is 59.1 Å². The van der Waals surface area contributed by atoms with Crippen LogP contribution >= 0.6 is 0 Å². The predicted octanol–water partition coefficient (Wildman–Crippen LogP) is -1.94. The Labute approximate surface area is 300 Å². The van der Waals surface area contributed by atoms with Crippen LogP contribution in [-0.2, 0) is 11.2 Å². The Kier molecular flexibility index (Phi) is 14.8. The van der Waals surface area contributed by atoms with E-state index in [2.05, 4.69) is 5.32 Å². The molecule has 8 nitrogen and oxygen atoms in total. The summed E-state index contributed by atoms with van der Waals surface area (Å²) in [5.41, 5.74) is 4.24. The fraction of sp³-hybridized carbons (Fsp3) is 0.273. The first kappa shape index (κ1) is 37.7. The minimum absolute atomic E-state index is 0. The van der Waals surface area contributed by atoms with Crippen LogP contribution in [0.1, 0.15) is 55.3 Å². The van der Waals surface area contributed by atoms with E-state index in [0.29, 0.717) is 33.8 Å². The van der Waals surface area contributed by atoms with Crippen LogP contribution in [0.5, 0.6) is 5.75 Å². The fourth-order valence-electron chi connectivity index (χ4n) is 5.23. The molecule has 0 unspecified atom stereocenters. The molecule has 0 saturated heterocycles. The zero-order chi connectivity index (χ0) is 30.4. The van der Waals surface area contributed by atoms with Crippen molar-refractivity contribution in [2.24, 2.45) is 0 Å². The van der Waals surface area contributed by atoms with Crippen LogP contribution in [0.25, 0.3) is 22.3 Å². The molecular formula is C33H33FN2Na2O6. The molecule has 0 bridgehead atoms. The molecule has 4 rings (SSSR count). The number of hydrogen-bond donors (Lipinski definition) is 3. The number of amides is 1. The Balaban J connectivity index is 0.00000337. The number of aliphatic carboxylic acids is 1. The number of halogens is 1. The molecular weight excluding hydrogens is 585 g/mol. The molecule has 1 heterocycles. The van der Waals surface area contributed by atoms with Crippen molar-refractivity contribution in [2.75, 3.05) is 5.32 Å². The van der Waals surface area contributed by atoms with Crippen LogP contribution in [0.2, 0.25) is 0 Å². The second kappa shape index (κ2) is 17.3. The van der Waals surface area contributed by atoms with Crippen LogP contribution in [0.4, 0.5) is 10.1 Å². The summed E-state index contributed by atoms with van der Waals surface area (Å²) in [4.78, 5) is 24.9. The van der Waals surface area contributed by atoms with Gasteiger partial charge in [-0.25, -0.2) is 4.39 Å². The Morgan fingerprint density at radius 1 is 0.864 bits per heavy atom. The van der Waals surface area contributed by atoms with Gasteiger partial charge in [-0.3, -0.25) is 4.79 Å². The number of carbonyl (C=O) groups is 2. The fourth-order valence-corrected chi connectivity index (χ4v) is 5.23. The van der Waals surface area contributed by atoms with Crippen molar-refractivity contribution < 1.29 is 93.5 Å². The third-order valence-electron chi connectivity index (χ3n) is 7.01. The number of carboxylic acid groups (broad SMARTS) is 1. The summed E-state index contributed by atoms with van der Waals surface area (Å²) >= 11 is 0. The van der Waals surface area contributed by atoms with Gasteiger partial charge < -0.3 is 35.1 Å². The zero-order valence-electron chi connectivity index (χ0n) is 25.4. The van der Waals surface area contributed by atoms with Crippen molar-refractivity contribution >= 4 is 17.6 Å². The third-order valence-corrected chi connectivity index (χ3v) is 7.01. The van der Waals surface area contributed by atoms with E-state index in [9.17, 15) is 34.4 Å². The maximum absolute atomic E-state index is 14.0. The maximum atomic E-state index is 14.0. The molecule has 0 aliphatic heterocycles. The number of nitrogens with one attached hydrogen (secondary N) is 1. The van der Waals surface area contributed by atoms with E-state index >= 15 is 0 Å². The summed E-state index contributed by atoms with van der Waals surface area (Å²) in [6.07, 6.45) is -2.61. The van der Waals surface area contributed by atoms with Crippen LogP contribution < -0.4 is 74.6 Å². The van der Waals surface area contributed by atoms with Gasteiger partial charge in [0, 0.05) is 40.9 Å². The smallest absolute Gasteiger partial charge is 0.872 e. The quantitative estimate of drug-likeness (QED) is 0.158. The van der Waals surface area contributed by atoms with Gasteiger partial charge in [0.25, 0.3) is 5.91 Å². The number of nitrogens with zero attached hydrogens (tertiary/aromatic N) is 1. The standard InChI is InChI=1S/C33H35FN2O6.2Na/c1-20(2)36-28(17-16-26(38)18-27(39)19-29(40)41)30(22-8-10-23(34)11-9-22)31(21-6-4-3-5-7-21)32(36)33(42)35-24-12-14-25(37)15-13-24;;/h3-15,20,26-27,37-39H,16-19H2,1-2H3,(H,35,42)(H,40,41);;/q;2*+1/p-2/t26-,27-;;/m1../s1. The summed E-state index contributed by atoms with van der Waals surface area (Å²) in [5.74, 6) is -2.43. The average Bonchev–Trinajstić information content (AvgIpc) is 3.29. The molecule has 3 aromatic carbocycles. The molecule has 0 radical (unpaired) electrons. The summed E-state index contributed by atoms with van der Waals surface area (Å²) in [6.45, 7) is 3.85. The van der Waals surface area contributed by atoms with E-state index in [1.54, 1.807) is 12.1 Å². The van der Waals surface area contributed by atoms with Gasteiger partial charge in [-0.2, -0.15) is 0 Å². The third kappa shape index (κ3) is 9.52. The SMILES string of the molecule is CC(C)n1c(CC[C@@H](O)C[C@@H](O)CC(=O)[O-])c(-c2ccc(F)cc2)c(-c2ccccc2)c1C(=O)Nc1ccc([O-])cc1.[Na+].[Na+]. The van der Waals surface area contributed by atoms with E-state index in [1.165, 1.54) is 36.4 Å². The molecule has 11 heteroatoms. The molecule has 0 fully saturated rings. The van der Waals surface area contributed by atoms with Crippen molar-refractivity contribution in [3.63, 3.8) is 0 Å². The van der Waals surface area contributed by atoms with E-state index in [1.807, 2.05) is 48.7 Å². The van der Waals surface area contributed by atoms with E-state index in [-0.39, 0.29) is 90.2 Å². The Bertz CT molecular complexity index is 1530. The Morgan fingerprint density at radius 3 is 2.02 bits per heavy atom. The van der Waals surface area contributed by atoms with Gasteiger partial charge in [0.05, 0.1) is 12.2 Å². The summed E-state index contributed by atoms with van der Waals surface area (Å²) in [5, 5.41) is 46.1. The molecule has 220 valence electrons. The van der Waals surface area contributed by atoms with Gasteiger partial charge in [0.1, 0.15) is 11.5 Å². The average molecular weight is 619 g/mol. The molecule has 44 heavy (non-hydrogen) atoms. The topological polar surface area (TPSA) is 138 Å². The van der Waals surface area contributed by atoms with Crippen molar-refractivity contribution in [1.29, 1.82) is 0 Å². The normalized spacial score (nSPS) is 12.1. The van der Waals surface area contributed by atoms with Gasteiger partial charge in [0.15, 0.2) is 0 Å². The number of aromatic nitrogens is 1. The van der Waals surface area contributed by atoms with Gasteiger partial charge in [-0.05, 0) is 68.5 Å². The largest absolute Gasteiger partial charge is 1.00 e. The number of aliphatic hydroxyl groups is 2. The molecule has 1 amide bonds. The van der Waals surface area contributed by atoms with Crippen LogP contribution in [-0.4, -0.2) is 38.9 Å². The summed E-state index contributed by atoms with van der Waals surface area (Å²) in [6, 6.07) is 20.9. The predicted molar refractivity (Wildman–Crippen MR) is 154 cm³/mol. The second-order valence-electron chi connectivity index (χ2n) is 10.5. The Hall–Kier alpha value is -2.47. The van der Waals surface area contributed by atoms with Gasteiger partial charge in [-0.1, -0.05) is 54.6 Å². The van der Waals surface area contributed by atoms with Gasteiger partial charge in [-0.15, -0.1) is 5.75 Å². The number of hydrogen-bond acceptors (Lipinski definition) is 6. The monoisotopic (exact) mass is 618 g/mol. The van der Waals surface area contributed by atoms with E-state index in [0.717, 1.165) is 5.56 Å². The van der Waals surface area contributed by atoms with E-state index < -0.39 is 36.3 Å². The summed E-state index contributed by atoms with van der Waals surface area (Å²) in [7, 11) is 0. The number of rotatable bonds is 12. The number of carbonyl (C=O) groups excluding carboxylic acids is 2. The minimum atomic E-state index is -1.41. The molecule has 2 atom stereocenters. The molecule has 0 aliphatic carbocycles. The van der Waals surface area contributed by atoms with Crippen LogP contribution in [0, 0.1) is 5.82 Å². The minimum Gasteiger partial charge on any atom is -0.872 e. The number of aliphatic hydroxyl groups excluding tert-OH is 2. The van der Waals surface area contributed by atoms with Crippen molar-refractivity contribution in [3.8, 4) is 28.0 Å². The molecule has 1 aromatic heterocycles. The maximum Gasteiger partial charge on any atom is 1.00 e. The van der Waals surface area contributed by atoms with Crippen molar-refractivity contribution in [1.82, 2.24) is 4.57 Å². The first-order chi connectivity index (χ1) is 20.0. The molecule has 0 saturated carbocycles. The first-order valence-corrected chi connectivity index (χ1v) is 13.8. The molecule has 3 N–H and O–H groups in total. The molecule has 0 spiro atoms. The zero-order valence-corrected chi connectivity index (χ0v) is 29.4. The van der Waals surface area contributed by atoms with Crippen LogP contribution in [0.15, 0.2) is 78.9 Å². The van der Waals surface area contributed by atoms with Crippen LogP contribution in [0.3, 0.4) is 0 Å². The number of anilines is 1. The molecule has 0 aliphatic rings.